The molecule has 0 N–H and O–H groups in total. The highest BCUT2D eigenvalue weighted by Gasteiger charge is 2.43. The molecule has 0 amide bonds. The molecule has 0 spiro atoms. The van der Waals surface area contributed by atoms with Crippen molar-refractivity contribution in [2.24, 2.45) is 23.2 Å². The number of hydrogen-bond donors (Lipinski definition) is 0. The van der Waals surface area contributed by atoms with E-state index in [0.717, 1.165) is 64.7 Å². The Balaban J connectivity index is 1.07. The van der Waals surface area contributed by atoms with Gasteiger partial charge < -0.3 is 33.2 Å². The molecular formula is C41H36O8S3. The summed E-state index contributed by atoms with van der Waals surface area (Å²) in [5.41, 5.74) is 1.54. The van der Waals surface area contributed by atoms with E-state index in [1.165, 1.54) is 0 Å². The molecule has 5 aliphatic rings. The van der Waals surface area contributed by atoms with Crippen LogP contribution in [0.5, 0.6) is 34.5 Å². The van der Waals surface area contributed by atoms with Gasteiger partial charge in [0.05, 0.1) is 40.6 Å². The minimum atomic E-state index is -0.582. The zero-order chi connectivity index (χ0) is 34.8. The van der Waals surface area contributed by atoms with Crippen molar-refractivity contribution in [3.8, 4) is 74.9 Å². The summed E-state index contributed by atoms with van der Waals surface area (Å²) in [6, 6.07) is 20.5. The number of allylic oxidation sites excluding steroid dienone is 2. The monoisotopic (exact) mass is 752 g/mol. The molecule has 3 aliphatic heterocycles. The maximum absolute atomic E-state index is 13.3. The lowest BCUT2D eigenvalue weighted by molar-refractivity contribution is -0.154. The number of esters is 1. The summed E-state index contributed by atoms with van der Waals surface area (Å²) < 4.78 is 45.0. The Kier molecular flexibility index (Phi) is 7.99. The van der Waals surface area contributed by atoms with Crippen molar-refractivity contribution in [1.29, 1.82) is 0 Å². The first-order valence-corrected chi connectivity index (χ1v) is 20.2. The molecule has 1 fully saturated rings. The molecule has 2 aromatic carbocycles. The van der Waals surface area contributed by atoms with Crippen LogP contribution in [0, 0.1) is 23.2 Å². The van der Waals surface area contributed by atoms with Gasteiger partial charge in [0.25, 0.3) is 0 Å². The van der Waals surface area contributed by atoms with Gasteiger partial charge in [0.15, 0.2) is 34.5 Å². The molecule has 266 valence electrons. The summed E-state index contributed by atoms with van der Waals surface area (Å²) in [6.07, 6.45) is 6.35. The van der Waals surface area contributed by atoms with E-state index in [1.807, 2.05) is 36.4 Å². The van der Waals surface area contributed by atoms with Gasteiger partial charge in [-0.25, -0.2) is 0 Å². The summed E-state index contributed by atoms with van der Waals surface area (Å²) in [4.78, 5) is 18.9. The van der Waals surface area contributed by atoms with Gasteiger partial charge in [-0.2, -0.15) is 0 Å². The number of fused-ring (bicyclic) bond motifs is 5. The molecular weight excluding hydrogens is 717 g/mol. The number of ether oxygens (including phenoxy) is 7. The lowest BCUT2D eigenvalue weighted by Crippen LogP contribution is -2.37. The van der Waals surface area contributed by atoms with E-state index < -0.39 is 5.41 Å². The molecule has 3 atom stereocenters. The standard InChI is InChI=1S/C41H36O8S3/c1-41(22-49-40(42)27-19-23-12-13-26(27)18-23)20-47-32-33(48-21-41)39(37-31-29(44-15-17-46-31)35(51-37)25-10-6-3-7-11-25)52-38(32)36-30-28(43-14-16-45-30)34(50-36)24-8-4-2-5-9-24/h2-13,23,26-27H,14-22H2,1H3. The summed E-state index contributed by atoms with van der Waals surface area (Å²) in [5, 5.41) is 0. The SMILES string of the molecule is CC1(COC(=O)C2CC3C=CC2C3)COc2c(-c3sc(-c4ccccc4)c4c3OCCO4)sc(-c3sc(-c4ccccc4)c4c3OCCO4)c2OC1. The van der Waals surface area contributed by atoms with Gasteiger partial charge in [-0.3, -0.25) is 4.79 Å². The molecule has 2 aliphatic carbocycles. The van der Waals surface area contributed by atoms with Crippen LogP contribution in [0.15, 0.2) is 72.8 Å². The second-order valence-electron chi connectivity index (χ2n) is 14.3. The number of carbonyl (C=O) groups is 1. The van der Waals surface area contributed by atoms with Gasteiger partial charge in [-0.15, -0.1) is 34.0 Å². The molecule has 0 saturated heterocycles. The lowest BCUT2D eigenvalue weighted by Gasteiger charge is -2.27. The zero-order valence-corrected chi connectivity index (χ0v) is 31.0. The molecule has 0 radical (unpaired) electrons. The summed E-state index contributed by atoms with van der Waals surface area (Å²) in [5.74, 6) is 4.82. The average Bonchev–Trinajstić information content (AvgIpc) is 4.02. The smallest absolute Gasteiger partial charge is 0.309 e. The van der Waals surface area contributed by atoms with E-state index in [2.05, 4.69) is 43.3 Å². The van der Waals surface area contributed by atoms with Gasteiger partial charge in [-0.1, -0.05) is 72.8 Å². The number of thiophene rings is 3. The van der Waals surface area contributed by atoms with Crippen molar-refractivity contribution < 1.29 is 38.0 Å². The van der Waals surface area contributed by atoms with Crippen LogP contribution < -0.4 is 28.4 Å². The Labute approximate surface area is 313 Å². The Morgan fingerprint density at radius 3 is 1.50 bits per heavy atom. The van der Waals surface area contributed by atoms with Crippen molar-refractivity contribution in [3.05, 3.63) is 72.8 Å². The fourth-order valence-corrected chi connectivity index (χ4v) is 11.6. The van der Waals surface area contributed by atoms with E-state index >= 15 is 0 Å². The zero-order valence-electron chi connectivity index (χ0n) is 28.5. The van der Waals surface area contributed by atoms with Crippen LogP contribution in [0.1, 0.15) is 19.8 Å². The molecule has 11 heteroatoms. The highest BCUT2D eigenvalue weighted by molar-refractivity contribution is 7.29. The van der Waals surface area contributed by atoms with Gasteiger partial charge in [0.1, 0.15) is 46.2 Å². The number of benzene rings is 2. The fourth-order valence-electron chi connectivity index (χ4n) is 7.74. The fraction of sp³-hybridized carbons (Fsp3) is 0.341. The van der Waals surface area contributed by atoms with Crippen LogP contribution in [-0.2, 0) is 9.53 Å². The van der Waals surface area contributed by atoms with Crippen molar-refractivity contribution in [1.82, 2.24) is 0 Å². The Morgan fingerprint density at radius 2 is 1.06 bits per heavy atom. The maximum atomic E-state index is 13.3. The van der Waals surface area contributed by atoms with Crippen molar-refractivity contribution in [3.63, 3.8) is 0 Å². The van der Waals surface area contributed by atoms with Gasteiger partial charge in [0, 0.05) is 0 Å². The minimum absolute atomic E-state index is 0.0670. The summed E-state index contributed by atoms with van der Waals surface area (Å²) >= 11 is 4.87. The largest absolute Gasteiger partial charge is 0.487 e. The molecule has 5 aromatic rings. The second kappa shape index (κ2) is 12.9. The third-order valence-electron chi connectivity index (χ3n) is 10.4. The topological polar surface area (TPSA) is 81.7 Å². The van der Waals surface area contributed by atoms with Gasteiger partial charge >= 0.3 is 5.97 Å². The van der Waals surface area contributed by atoms with Crippen LogP contribution in [0.3, 0.4) is 0 Å². The highest BCUT2D eigenvalue weighted by atomic mass is 32.1. The predicted molar refractivity (Wildman–Crippen MR) is 203 cm³/mol. The Morgan fingerprint density at radius 1 is 0.615 bits per heavy atom. The number of carbonyl (C=O) groups excluding carboxylic acids is 1. The van der Waals surface area contributed by atoms with Crippen molar-refractivity contribution in [2.75, 3.05) is 46.2 Å². The minimum Gasteiger partial charge on any atom is -0.487 e. The van der Waals surface area contributed by atoms with Crippen molar-refractivity contribution >= 4 is 40.0 Å². The summed E-state index contributed by atoms with van der Waals surface area (Å²) in [6.45, 7) is 4.74. The van der Waals surface area contributed by atoms with Crippen LogP contribution >= 0.6 is 34.0 Å². The summed E-state index contributed by atoms with van der Waals surface area (Å²) in [7, 11) is 0. The number of hydrogen-bond acceptors (Lipinski definition) is 11. The van der Waals surface area contributed by atoms with E-state index in [9.17, 15) is 4.79 Å². The van der Waals surface area contributed by atoms with Crippen LogP contribution in [0.4, 0.5) is 0 Å². The molecule has 8 nitrogen and oxygen atoms in total. The van der Waals surface area contributed by atoms with Crippen LogP contribution in [0.2, 0.25) is 0 Å². The van der Waals surface area contributed by atoms with E-state index in [4.69, 9.17) is 33.2 Å². The first kappa shape index (κ1) is 32.2. The van der Waals surface area contributed by atoms with E-state index in [1.54, 1.807) is 34.0 Å². The third-order valence-corrected chi connectivity index (χ3v) is 14.3. The Bertz CT molecular complexity index is 2060. The highest BCUT2D eigenvalue weighted by Crippen LogP contribution is 2.64. The molecule has 10 rings (SSSR count). The quantitative estimate of drug-likeness (QED) is 0.120. The van der Waals surface area contributed by atoms with Gasteiger partial charge in [0.2, 0.25) is 0 Å². The van der Waals surface area contributed by atoms with E-state index in [-0.39, 0.29) is 24.4 Å². The van der Waals surface area contributed by atoms with E-state index in [0.29, 0.717) is 68.6 Å². The van der Waals surface area contributed by atoms with Crippen molar-refractivity contribution in [2.45, 2.75) is 19.8 Å². The van der Waals surface area contributed by atoms with Crippen LogP contribution in [0.25, 0.3) is 40.4 Å². The first-order valence-electron chi connectivity index (χ1n) is 17.8. The normalized spacial score (nSPS) is 21.9. The van der Waals surface area contributed by atoms with Crippen LogP contribution in [-0.4, -0.2) is 52.2 Å². The Hall–Kier alpha value is -4.45. The first-order chi connectivity index (χ1) is 25.5. The predicted octanol–water partition coefficient (Wildman–Crippen LogP) is 9.61. The third kappa shape index (κ3) is 5.47. The molecule has 3 unspecified atom stereocenters. The molecule has 1 saturated carbocycles. The molecule has 3 aromatic heterocycles. The maximum Gasteiger partial charge on any atom is 0.309 e. The van der Waals surface area contributed by atoms with Gasteiger partial charge in [-0.05, 0) is 42.7 Å². The lowest BCUT2D eigenvalue weighted by atomic mass is 9.92. The molecule has 2 bridgehead atoms. The second-order valence-corrected chi connectivity index (χ2v) is 17.3. The molecule has 52 heavy (non-hydrogen) atoms. The number of rotatable bonds is 7. The average molecular weight is 753 g/mol. The molecule has 6 heterocycles.